The van der Waals surface area contributed by atoms with Crippen molar-refractivity contribution < 1.29 is 67.2 Å². The standard InChI is InChI=1S/C44H25O8.Cu.H2O2/c45-41(46)27-9-1-23(2-10-27)35-21-36(24-3-11-28(12-4-24)42(47)48)32-19-20-34-38(26-7-15-30(16-8-26)44(51)52)22-37(25-5-13-29(14-6-25)43(49)50)33-18-17-31(35)39(32)40(33)34;;1-2/h1-21H,(H,45,46)(H,47,48)(H,49,50)(H,51,52);;1-2H/q-1;+1;. The SMILES string of the molecule is O=C(O)c1ccc(-c2[c-]c(-c3ccc(C(=O)O)cc3)c3ccc4c(-c5ccc(C(=O)O)cc5)cc(-c5ccc(C(=O)O)cc5)c5ccc2c3c54)cc1.OO.[Cu+]. The molecule has 8 aromatic rings. The number of carboxylic acids is 4. The molecule has 0 spiro atoms. The average Bonchev–Trinajstić information content (AvgIpc) is 3.20. The van der Waals surface area contributed by atoms with E-state index in [2.05, 4.69) is 6.07 Å². The summed E-state index contributed by atoms with van der Waals surface area (Å²) in [4.78, 5) is 46.8. The van der Waals surface area contributed by atoms with Crippen molar-refractivity contribution in [3.63, 3.8) is 0 Å². The van der Waals surface area contributed by atoms with Crippen molar-refractivity contribution in [2.24, 2.45) is 0 Å². The van der Waals surface area contributed by atoms with Crippen LogP contribution in [-0.2, 0) is 17.1 Å². The van der Waals surface area contributed by atoms with E-state index in [1.807, 2.05) is 30.3 Å². The quantitative estimate of drug-likeness (QED) is 0.0285. The molecule has 8 aromatic carbocycles. The van der Waals surface area contributed by atoms with Gasteiger partial charge < -0.3 is 20.4 Å². The molecule has 0 aliphatic rings. The van der Waals surface area contributed by atoms with Crippen LogP contribution in [0.2, 0.25) is 0 Å². The molecular formula is C44H27CuO10. The van der Waals surface area contributed by atoms with Crippen LogP contribution in [0.5, 0.6) is 0 Å². The maximum absolute atomic E-state index is 11.7. The Balaban J connectivity index is 0.00000169. The number of rotatable bonds is 8. The third-order valence-corrected chi connectivity index (χ3v) is 9.55. The first-order valence-corrected chi connectivity index (χ1v) is 16.3. The summed E-state index contributed by atoms with van der Waals surface area (Å²) in [5, 5.41) is 55.6. The fourth-order valence-corrected chi connectivity index (χ4v) is 7.00. The van der Waals surface area contributed by atoms with Gasteiger partial charge in [0.15, 0.2) is 0 Å². The van der Waals surface area contributed by atoms with Crippen LogP contribution in [0.15, 0.2) is 127 Å². The van der Waals surface area contributed by atoms with Gasteiger partial charge >= 0.3 is 40.9 Å². The Morgan fingerprint density at radius 2 is 0.618 bits per heavy atom. The Morgan fingerprint density at radius 3 is 0.909 bits per heavy atom. The Kier molecular flexibility index (Phi) is 10.5. The molecule has 0 saturated carbocycles. The summed E-state index contributed by atoms with van der Waals surface area (Å²) in [6, 6.07) is 40.2. The predicted octanol–water partition coefficient (Wildman–Crippen LogP) is 9.86. The van der Waals surface area contributed by atoms with Crippen molar-refractivity contribution in [3.05, 3.63) is 156 Å². The first-order chi connectivity index (χ1) is 26.1. The molecule has 0 radical (unpaired) electrons. The van der Waals surface area contributed by atoms with Gasteiger partial charge in [-0.25, -0.2) is 19.2 Å². The number of benzene rings is 8. The largest absolute Gasteiger partial charge is 1.00 e. The van der Waals surface area contributed by atoms with E-state index < -0.39 is 23.9 Å². The number of carboxylic acid groups (broad SMARTS) is 4. The van der Waals surface area contributed by atoms with Crippen molar-refractivity contribution >= 4 is 56.2 Å². The summed E-state index contributed by atoms with van der Waals surface area (Å²) in [5.41, 5.74) is 6.74. The molecule has 10 nitrogen and oxygen atoms in total. The van der Waals surface area contributed by atoms with Crippen molar-refractivity contribution in [2.45, 2.75) is 0 Å². The smallest absolute Gasteiger partial charge is 0.478 e. The molecular weight excluding hydrogens is 752 g/mol. The molecule has 0 fully saturated rings. The zero-order valence-electron chi connectivity index (χ0n) is 28.2. The molecule has 0 aliphatic heterocycles. The molecule has 0 unspecified atom stereocenters. The van der Waals surface area contributed by atoms with Crippen LogP contribution < -0.4 is 0 Å². The molecule has 0 aromatic heterocycles. The van der Waals surface area contributed by atoms with Crippen LogP contribution in [0, 0.1) is 6.07 Å². The zero-order chi connectivity index (χ0) is 38.3. The summed E-state index contributed by atoms with van der Waals surface area (Å²) in [6.07, 6.45) is 0. The normalized spacial score (nSPS) is 10.8. The molecule has 0 aliphatic carbocycles. The Bertz CT molecular complexity index is 2380. The van der Waals surface area contributed by atoms with E-state index in [0.29, 0.717) is 0 Å². The first-order valence-electron chi connectivity index (χ1n) is 16.3. The molecule has 274 valence electrons. The van der Waals surface area contributed by atoms with Gasteiger partial charge in [0.1, 0.15) is 0 Å². The van der Waals surface area contributed by atoms with E-state index in [1.54, 1.807) is 97.1 Å². The second-order valence-corrected chi connectivity index (χ2v) is 12.4. The van der Waals surface area contributed by atoms with E-state index in [-0.39, 0.29) is 39.3 Å². The first kappa shape index (κ1) is 37.9. The van der Waals surface area contributed by atoms with E-state index in [0.717, 1.165) is 76.8 Å². The van der Waals surface area contributed by atoms with Crippen LogP contribution in [0.1, 0.15) is 41.4 Å². The van der Waals surface area contributed by atoms with Gasteiger partial charge in [-0.05, 0) is 68.7 Å². The molecule has 0 bridgehead atoms. The second-order valence-electron chi connectivity index (χ2n) is 12.4. The van der Waals surface area contributed by atoms with Gasteiger partial charge in [0.05, 0.1) is 22.3 Å². The van der Waals surface area contributed by atoms with Crippen molar-refractivity contribution in [1.82, 2.24) is 0 Å². The van der Waals surface area contributed by atoms with Gasteiger partial charge in [-0.1, -0.05) is 124 Å². The molecule has 11 heteroatoms. The van der Waals surface area contributed by atoms with Crippen molar-refractivity contribution in [1.29, 1.82) is 0 Å². The topological polar surface area (TPSA) is 190 Å². The maximum atomic E-state index is 11.7. The van der Waals surface area contributed by atoms with E-state index >= 15 is 0 Å². The third kappa shape index (κ3) is 6.76. The van der Waals surface area contributed by atoms with Crippen LogP contribution in [0.25, 0.3) is 76.8 Å². The number of hydrogen-bond donors (Lipinski definition) is 6. The van der Waals surface area contributed by atoms with E-state index in [1.165, 1.54) is 0 Å². The number of carbonyl (C=O) groups is 4. The molecule has 0 heterocycles. The molecule has 0 atom stereocenters. The van der Waals surface area contributed by atoms with Gasteiger partial charge in [0.25, 0.3) is 0 Å². The van der Waals surface area contributed by atoms with Gasteiger partial charge in [-0.3, -0.25) is 10.5 Å². The van der Waals surface area contributed by atoms with Gasteiger partial charge in [0, 0.05) is 0 Å². The average molecular weight is 779 g/mol. The van der Waals surface area contributed by atoms with Gasteiger partial charge in [-0.15, -0.1) is 17.2 Å². The van der Waals surface area contributed by atoms with Crippen LogP contribution in [-0.4, -0.2) is 54.8 Å². The minimum Gasteiger partial charge on any atom is -0.478 e. The zero-order valence-corrected chi connectivity index (χ0v) is 29.2. The summed E-state index contributed by atoms with van der Waals surface area (Å²) >= 11 is 0. The monoisotopic (exact) mass is 778 g/mol. The minimum absolute atomic E-state index is 0. The molecule has 6 N–H and O–H groups in total. The fourth-order valence-electron chi connectivity index (χ4n) is 7.00. The Labute approximate surface area is 322 Å². The van der Waals surface area contributed by atoms with E-state index in [9.17, 15) is 39.6 Å². The Hall–Kier alpha value is -6.88. The summed E-state index contributed by atoms with van der Waals surface area (Å²) in [6.45, 7) is 0. The third-order valence-electron chi connectivity index (χ3n) is 9.55. The minimum atomic E-state index is -1.04. The van der Waals surface area contributed by atoms with Gasteiger partial charge in [0.2, 0.25) is 0 Å². The van der Waals surface area contributed by atoms with Crippen molar-refractivity contribution in [3.8, 4) is 44.5 Å². The van der Waals surface area contributed by atoms with E-state index in [4.69, 9.17) is 10.5 Å². The summed E-state index contributed by atoms with van der Waals surface area (Å²) in [7, 11) is 0. The van der Waals surface area contributed by atoms with Crippen LogP contribution in [0.4, 0.5) is 0 Å². The van der Waals surface area contributed by atoms with Crippen LogP contribution >= 0.6 is 0 Å². The Morgan fingerprint density at radius 1 is 0.364 bits per heavy atom. The fraction of sp³-hybridized carbons (Fsp3) is 0. The molecule has 8 rings (SSSR count). The van der Waals surface area contributed by atoms with Crippen molar-refractivity contribution in [2.75, 3.05) is 0 Å². The summed E-state index contributed by atoms with van der Waals surface area (Å²) < 4.78 is 0. The maximum Gasteiger partial charge on any atom is 1.00 e. The molecule has 0 saturated heterocycles. The van der Waals surface area contributed by atoms with Gasteiger partial charge in [-0.2, -0.15) is 0 Å². The second kappa shape index (κ2) is 15.2. The number of aromatic carboxylic acids is 4. The summed E-state index contributed by atoms with van der Waals surface area (Å²) in [5.74, 6) is -4.16. The predicted molar refractivity (Wildman–Crippen MR) is 204 cm³/mol. The molecule has 55 heavy (non-hydrogen) atoms. The molecule has 0 amide bonds. The number of hydrogen-bond acceptors (Lipinski definition) is 6. The van der Waals surface area contributed by atoms with Crippen LogP contribution in [0.3, 0.4) is 0 Å².